The highest BCUT2D eigenvalue weighted by Gasteiger charge is 2.47. The summed E-state index contributed by atoms with van der Waals surface area (Å²) in [6.45, 7) is 6.09. The van der Waals surface area contributed by atoms with E-state index in [1.807, 2.05) is 0 Å². The minimum Gasteiger partial charge on any atom is -0.394 e. The van der Waals surface area contributed by atoms with Gasteiger partial charge in [-0.1, -0.05) is 0 Å². The molecule has 0 aromatic carbocycles. The molecule has 5 atom stereocenters. The van der Waals surface area contributed by atoms with Crippen molar-refractivity contribution in [2.75, 3.05) is 26.2 Å². The fourth-order valence-electron chi connectivity index (χ4n) is 2.81. The predicted molar refractivity (Wildman–Crippen MR) is 75.6 cm³/mol. The zero-order chi connectivity index (χ0) is 16.1. The van der Waals surface area contributed by atoms with Crippen molar-refractivity contribution in [1.29, 1.82) is 0 Å². The standard InChI is InChI=1S/C13H31N2O5/c1-9(17)5-15(6-10(2)18,7-11(3)19)12(20)13(4,14)8-16/h9-12,16-20H,5-8,14H2,1-4H3/q+1. The summed E-state index contributed by atoms with van der Waals surface area (Å²) >= 11 is 0. The van der Waals surface area contributed by atoms with Gasteiger partial charge >= 0.3 is 0 Å². The molecule has 7 nitrogen and oxygen atoms in total. The SMILES string of the molecule is CC(O)C[N+](CC(C)O)(CC(C)O)C(O)C(C)(N)CO. The summed E-state index contributed by atoms with van der Waals surface area (Å²) in [5.74, 6) is 0. The lowest BCUT2D eigenvalue weighted by Gasteiger charge is -2.48. The molecule has 0 aromatic heterocycles. The molecule has 0 aliphatic carbocycles. The van der Waals surface area contributed by atoms with Crippen LogP contribution in [0, 0.1) is 0 Å². The van der Waals surface area contributed by atoms with Gasteiger partial charge < -0.3 is 31.3 Å². The molecule has 0 saturated heterocycles. The fraction of sp³-hybridized carbons (Fsp3) is 1.00. The molecule has 7 heteroatoms. The van der Waals surface area contributed by atoms with Crippen LogP contribution in [0.3, 0.4) is 0 Å². The van der Waals surface area contributed by atoms with Gasteiger partial charge in [0.05, 0.1) is 6.61 Å². The smallest absolute Gasteiger partial charge is 0.211 e. The summed E-state index contributed by atoms with van der Waals surface area (Å²) in [6.07, 6.45) is -3.49. The molecule has 0 aromatic rings. The van der Waals surface area contributed by atoms with Crippen molar-refractivity contribution in [3.8, 4) is 0 Å². The van der Waals surface area contributed by atoms with Gasteiger partial charge in [-0.15, -0.1) is 0 Å². The summed E-state index contributed by atoms with van der Waals surface area (Å²) < 4.78 is -0.180. The Kier molecular flexibility index (Phi) is 7.54. The molecule has 20 heavy (non-hydrogen) atoms. The molecule has 0 heterocycles. The molecular weight excluding hydrogens is 264 g/mol. The van der Waals surface area contributed by atoms with Crippen LogP contribution < -0.4 is 5.73 Å². The van der Waals surface area contributed by atoms with Gasteiger partial charge in [0, 0.05) is 0 Å². The highest BCUT2D eigenvalue weighted by molar-refractivity contribution is 4.82. The topological polar surface area (TPSA) is 127 Å². The lowest BCUT2D eigenvalue weighted by molar-refractivity contribution is -0.981. The first-order valence-electron chi connectivity index (χ1n) is 6.94. The minimum absolute atomic E-state index is 0.115. The van der Waals surface area contributed by atoms with Crippen molar-refractivity contribution in [3.05, 3.63) is 0 Å². The van der Waals surface area contributed by atoms with E-state index in [-0.39, 0.29) is 24.1 Å². The first kappa shape index (κ1) is 19.7. The molecule has 0 fully saturated rings. The van der Waals surface area contributed by atoms with Crippen LogP contribution in [0.15, 0.2) is 0 Å². The highest BCUT2D eigenvalue weighted by atomic mass is 16.3. The van der Waals surface area contributed by atoms with Crippen LogP contribution in [-0.4, -0.2) is 86.3 Å². The van der Waals surface area contributed by atoms with Crippen molar-refractivity contribution < 1.29 is 30.0 Å². The maximum Gasteiger partial charge on any atom is 0.211 e. The number of aliphatic hydroxyl groups is 5. The van der Waals surface area contributed by atoms with E-state index in [1.54, 1.807) is 20.8 Å². The van der Waals surface area contributed by atoms with Crippen LogP contribution in [0.5, 0.6) is 0 Å². The summed E-state index contributed by atoms with van der Waals surface area (Å²) in [5, 5.41) is 49.1. The van der Waals surface area contributed by atoms with Gasteiger partial charge in [-0.25, -0.2) is 0 Å². The molecule has 0 aliphatic heterocycles. The number of quaternary nitrogens is 1. The molecule has 7 N–H and O–H groups in total. The number of nitrogens with zero attached hydrogens (tertiary/aromatic N) is 1. The molecule has 0 aliphatic rings. The van der Waals surface area contributed by atoms with E-state index in [1.165, 1.54) is 6.92 Å². The predicted octanol–water partition coefficient (Wildman–Crippen LogP) is -2.03. The zero-order valence-corrected chi connectivity index (χ0v) is 12.9. The van der Waals surface area contributed by atoms with Gasteiger partial charge in [0.15, 0.2) is 0 Å². The molecule has 5 unspecified atom stereocenters. The first-order valence-corrected chi connectivity index (χ1v) is 6.94. The molecule has 0 bridgehead atoms. The minimum atomic E-state index is -1.31. The second-order valence-electron chi connectivity index (χ2n) is 6.35. The van der Waals surface area contributed by atoms with E-state index in [0.717, 1.165) is 0 Å². The Balaban J connectivity index is 5.56. The molecule has 0 radical (unpaired) electrons. The number of hydrogen-bond donors (Lipinski definition) is 6. The van der Waals surface area contributed by atoms with E-state index in [0.29, 0.717) is 0 Å². The van der Waals surface area contributed by atoms with E-state index in [2.05, 4.69) is 0 Å². The third-order valence-electron chi connectivity index (χ3n) is 3.33. The van der Waals surface area contributed by atoms with Crippen LogP contribution in [0.25, 0.3) is 0 Å². The quantitative estimate of drug-likeness (QED) is 0.215. The van der Waals surface area contributed by atoms with E-state index >= 15 is 0 Å². The summed E-state index contributed by atoms with van der Waals surface area (Å²) in [7, 11) is 0. The Bertz CT molecular complexity index is 255. The van der Waals surface area contributed by atoms with Gasteiger partial charge in [0.1, 0.15) is 43.5 Å². The number of nitrogens with two attached hydrogens (primary N) is 1. The summed E-state index contributed by atoms with van der Waals surface area (Å²) in [5.41, 5.74) is 4.61. The summed E-state index contributed by atoms with van der Waals surface area (Å²) in [4.78, 5) is 0. The molecule has 0 saturated carbocycles. The highest BCUT2D eigenvalue weighted by Crippen LogP contribution is 2.23. The average Bonchev–Trinajstić information content (AvgIpc) is 2.24. The van der Waals surface area contributed by atoms with Crippen LogP contribution in [0.2, 0.25) is 0 Å². The molecular formula is C13H31N2O5+. The Morgan fingerprint density at radius 2 is 1.20 bits per heavy atom. The maximum absolute atomic E-state index is 10.6. The first-order chi connectivity index (χ1) is 8.96. The second kappa shape index (κ2) is 7.65. The fourth-order valence-corrected chi connectivity index (χ4v) is 2.81. The zero-order valence-electron chi connectivity index (χ0n) is 12.9. The van der Waals surface area contributed by atoms with Crippen molar-refractivity contribution in [2.24, 2.45) is 5.73 Å². The van der Waals surface area contributed by atoms with Crippen LogP contribution >= 0.6 is 0 Å². The number of hydrogen-bond acceptors (Lipinski definition) is 6. The number of aliphatic hydroxyl groups excluding tert-OH is 5. The molecule has 0 rings (SSSR count). The van der Waals surface area contributed by atoms with E-state index in [9.17, 15) is 25.5 Å². The third-order valence-corrected chi connectivity index (χ3v) is 3.33. The lowest BCUT2D eigenvalue weighted by atomic mass is 9.97. The van der Waals surface area contributed by atoms with Crippen molar-refractivity contribution in [2.45, 2.75) is 57.8 Å². The van der Waals surface area contributed by atoms with Crippen molar-refractivity contribution in [3.63, 3.8) is 0 Å². The van der Waals surface area contributed by atoms with Gasteiger partial charge in [0.2, 0.25) is 6.23 Å². The Labute approximate surface area is 120 Å². The van der Waals surface area contributed by atoms with Crippen LogP contribution in [-0.2, 0) is 0 Å². The van der Waals surface area contributed by atoms with Gasteiger partial charge in [-0.05, 0) is 27.7 Å². The van der Waals surface area contributed by atoms with Gasteiger partial charge in [-0.2, -0.15) is 0 Å². The van der Waals surface area contributed by atoms with E-state index in [4.69, 9.17) is 5.73 Å². The molecule has 122 valence electrons. The Hall–Kier alpha value is -0.280. The average molecular weight is 295 g/mol. The maximum atomic E-state index is 10.6. The summed E-state index contributed by atoms with van der Waals surface area (Å²) in [6, 6.07) is 0. The van der Waals surface area contributed by atoms with Gasteiger partial charge in [-0.3, -0.25) is 4.48 Å². The van der Waals surface area contributed by atoms with Crippen LogP contribution in [0.1, 0.15) is 27.7 Å². The molecule has 0 spiro atoms. The second-order valence-corrected chi connectivity index (χ2v) is 6.35. The van der Waals surface area contributed by atoms with E-state index < -0.39 is 36.7 Å². The Morgan fingerprint density at radius 1 is 0.900 bits per heavy atom. The van der Waals surface area contributed by atoms with Crippen molar-refractivity contribution in [1.82, 2.24) is 0 Å². The monoisotopic (exact) mass is 295 g/mol. The van der Waals surface area contributed by atoms with Crippen LogP contribution in [0.4, 0.5) is 0 Å². The Morgan fingerprint density at radius 3 is 1.40 bits per heavy atom. The van der Waals surface area contributed by atoms with Gasteiger partial charge in [0.25, 0.3) is 0 Å². The normalized spacial score (nSPS) is 24.3. The molecule has 0 amide bonds. The number of rotatable bonds is 9. The van der Waals surface area contributed by atoms with Crippen molar-refractivity contribution >= 4 is 0 Å². The third kappa shape index (κ3) is 5.61. The largest absolute Gasteiger partial charge is 0.394 e. The lowest BCUT2D eigenvalue weighted by Crippen LogP contribution is -2.72.